The minimum absolute atomic E-state index is 0.0296. The lowest BCUT2D eigenvalue weighted by molar-refractivity contribution is 0.467. The summed E-state index contributed by atoms with van der Waals surface area (Å²) in [7, 11) is 0. The first-order valence-corrected chi connectivity index (χ1v) is 7.49. The van der Waals surface area contributed by atoms with Crippen LogP contribution >= 0.6 is 0 Å². The molecule has 0 aliphatic heterocycles. The Morgan fingerprint density at radius 3 is 2.38 bits per heavy atom. The van der Waals surface area contributed by atoms with Crippen molar-refractivity contribution in [1.29, 1.82) is 0 Å². The van der Waals surface area contributed by atoms with Crippen molar-refractivity contribution in [3.63, 3.8) is 0 Å². The summed E-state index contributed by atoms with van der Waals surface area (Å²) in [4.78, 5) is 12.0. The smallest absolute Gasteiger partial charge is 0.125 e. The van der Waals surface area contributed by atoms with Gasteiger partial charge in [0, 0.05) is 30.6 Å². The van der Waals surface area contributed by atoms with Crippen molar-refractivity contribution in [2.75, 3.05) is 11.9 Å². The lowest BCUT2D eigenvalue weighted by atomic mass is 9.88. The predicted molar refractivity (Wildman–Crippen MR) is 87.7 cm³/mol. The van der Waals surface area contributed by atoms with Crippen LogP contribution in [0.3, 0.4) is 0 Å². The van der Waals surface area contributed by atoms with Crippen LogP contribution in [-0.2, 0) is 10.8 Å². The zero-order valence-electron chi connectivity index (χ0n) is 13.7. The summed E-state index contributed by atoms with van der Waals surface area (Å²) in [6.45, 7) is 11.9. The van der Waals surface area contributed by atoms with Crippen LogP contribution in [0.1, 0.15) is 52.4 Å². The topological polar surface area (TPSA) is 53.6 Å². The molecule has 0 radical (unpaired) electrons. The van der Waals surface area contributed by atoms with Crippen LogP contribution in [-0.4, -0.2) is 21.5 Å². The van der Waals surface area contributed by atoms with Crippen LogP contribution in [0.5, 0.6) is 0 Å². The molecule has 0 unspecified atom stereocenters. The first-order chi connectivity index (χ1) is 9.79. The molecule has 2 N–H and O–H groups in total. The molecular weight excluding hydrogens is 260 g/mol. The normalized spacial score (nSPS) is 12.4. The fourth-order valence-corrected chi connectivity index (χ4v) is 2.20. The van der Waals surface area contributed by atoms with Gasteiger partial charge in [-0.3, -0.25) is 0 Å². The molecule has 0 aromatic carbocycles. The summed E-state index contributed by atoms with van der Waals surface area (Å²) in [5.41, 5.74) is 1.43. The van der Waals surface area contributed by atoms with Crippen LogP contribution in [0, 0.1) is 0 Å². The lowest BCUT2D eigenvalue weighted by Gasteiger charge is -2.22. The maximum absolute atomic E-state index is 4.49. The van der Waals surface area contributed by atoms with Crippen LogP contribution in [0.4, 0.5) is 5.82 Å². The third-order valence-electron chi connectivity index (χ3n) is 3.82. The average molecular weight is 286 g/mol. The van der Waals surface area contributed by atoms with E-state index in [1.165, 1.54) is 5.56 Å². The molecule has 2 aromatic heterocycles. The van der Waals surface area contributed by atoms with E-state index in [2.05, 4.69) is 67.0 Å². The van der Waals surface area contributed by atoms with Gasteiger partial charge in [0.25, 0.3) is 0 Å². The minimum Gasteiger partial charge on any atom is -0.370 e. The highest BCUT2D eigenvalue weighted by atomic mass is 15.0. The van der Waals surface area contributed by atoms with Crippen LogP contribution in [0.25, 0.3) is 0 Å². The molecule has 0 amide bonds. The van der Waals surface area contributed by atoms with Crippen molar-refractivity contribution in [2.45, 2.75) is 51.9 Å². The van der Waals surface area contributed by atoms with Crippen molar-refractivity contribution in [3.8, 4) is 0 Å². The van der Waals surface area contributed by atoms with Crippen molar-refractivity contribution in [2.24, 2.45) is 0 Å². The first-order valence-electron chi connectivity index (χ1n) is 7.49. The zero-order chi connectivity index (χ0) is 15.5. The van der Waals surface area contributed by atoms with E-state index in [9.17, 15) is 0 Å². The highest BCUT2D eigenvalue weighted by molar-refractivity contribution is 5.37. The summed E-state index contributed by atoms with van der Waals surface area (Å²) < 4.78 is 0. The van der Waals surface area contributed by atoms with Gasteiger partial charge >= 0.3 is 0 Å². The Balaban J connectivity index is 1.89. The lowest BCUT2D eigenvalue weighted by Crippen LogP contribution is -2.23. The highest BCUT2D eigenvalue weighted by Crippen LogP contribution is 2.24. The van der Waals surface area contributed by atoms with E-state index in [1.807, 2.05) is 12.4 Å². The van der Waals surface area contributed by atoms with E-state index >= 15 is 0 Å². The molecule has 2 heterocycles. The fraction of sp³-hybridized carbons (Fsp3) is 0.529. The van der Waals surface area contributed by atoms with E-state index in [0.29, 0.717) is 0 Å². The molecule has 0 bridgehead atoms. The molecule has 2 rings (SSSR count). The molecular formula is C17H26N4. The summed E-state index contributed by atoms with van der Waals surface area (Å²) in [5, 5.41) is 3.39. The number of anilines is 1. The Labute approximate surface area is 127 Å². The number of hydrogen-bond acceptors (Lipinski definition) is 3. The highest BCUT2D eigenvalue weighted by Gasteiger charge is 2.22. The van der Waals surface area contributed by atoms with Crippen LogP contribution < -0.4 is 5.32 Å². The number of nitrogens with zero attached hydrogens (tertiary/aromatic N) is 2. The molecule has 0 aliphatic carbocycles. The Kier molecular flexibility index (Phi) is 4.35. The molecule has 0 saturated heterocycles. The number of H-pyrrole nitrogens is 1. The van der Waals surface area contributed by atoms with Crippen LogP contribution in [0.2, 0.25) is 0 Å². The van der Waals surface area contributed by atoms with Gasteiger partial charge in [-0.15, -0.1) is 0 Å². The van der Waals surface area contributed by atoms with Gasteiger partial charge in [-0.2, -0.15) is 0 Å². The summed E-state index contributed by atoms with van der Waals surface area (Å²) in [5.74, 6) is 1.96. The number of aromatic amines is 1. The van der Waals surface area contributed by atoms with Gasteiger partial charge in [0.2, 0.25) is 0 Å². The molecule has 0 saturated carbocycles. The maximum Gasteiger partial charge on any atom is 0.125 e. The zero-order valence-corrected chi connectivity index (χ0v) is 13.7. The van der Waals surface area contributed by atoms with Crippen LogP contribution in [0.15, 0.2) is 30.7 Å². The fourth-order valence-electron chi connectivity index (χ4n) is 2.20. The molecule has 0 spiro atoms. The largest absolute Gasteiger partial charge is 0.370 e. The van der Waals surface area contributed by atoms with E-state index in [1.54, 1.807) is 6.20 Å². The third kappa shape index (κ3) is 4.06. The van der Waals surface area contributed by atoms with Gasteiger partial charge in [0.05, 0.1) is 0 Å². The number of rotatable bonds is 5. The second kappa shape index (κ2) is 5.88. The molecule has 2 aromatic rings. The quantitative estimate of drug-likeness (QED) is 0.877. The first kappa shape index (κ1) is 15.5. The van der Waals surface area contributed by atoms with Gasteiger partial charge in [0.15, 0.2) is 0 Å². The van der Waals surface area contributed by atoms with Gasteiger partial charge in [-0.25, -0.2) is 9.97 Å². The Bertz CT molecular complexity index is 547. The van der Waals surface area contributed by atoms with Crippen molar-refractivity contribution in [3.05, 3.63) is 42.1 Å². The van der Waals surface area contributed by atoms with E-state index in [4.69, 9.17) is 0 Å². The Hall–Kier alpha value is -1.84. The predicted octanol–water partition coefficient (Wildman–Crippen LogP) is 3.88. The van der Waals surface area contributed by atoms with Crippen molar-refractivity contribution < 1.29 is 0 Å². The number of aromatic nitrogens is 3. The summed E-state index contributed by atoms with van der Waals surface area (Å²) in [6.07, 6.45) is 6.62. The number of hydrogen-bond donors (Lipinski definition) is 2. The van der Waals surface area contributed by atoms with Gasteiger partial charge in [-0.05, 0) is 23.5 Å². The summed E-state index contributed by atoms with van der Waals surface area (Å²) >= 11 is 0. The SMILES string of the molecule is CC(C)(C)c1ccc(NCCC(C)(C)c2ncc[nH]2)nc1. The molecule has 0 aliphatic rings. The van der Waals surface area contributed by atoms with Gasteiger partial charge in [-0.1, -0.05) is 40.7 Å². The molecule has 114 valence electrons. The average Bonchev–Trinajstić information content (AvgIpc) is 2.92. The number of imidazole rings is 1. The van der Waals surface area contributed by atoms with E-state index in [0.717, 1.165) is 24.6 Å². The monoisotopic (exact) mass is 286 g/mol. The third-order valence-corrected chi connectivity index (χ3v) is 3.82. The number of pyridine rings is 1. The second-order valence-corrected chi connectivity index (χ2v) is 7.18. The van der Waals surface area contributed by atoms with E-state index in [-0.39, 0.29) is 10.8 Å². The molecule has 0 atom stereocenters. The standard InChI is InChI=1S/C17H26N4/c1-16(2,3)13-6-7-14(21-12-13)18-9-8-17(4,5)15-19-10-11-20-15/h6-7,10-12H,8-9H2,1-5H3,(H,18,21)(H,19,20). The Morgan fingerprint density at radius 2 is 1.86 bits per heavy atom. The molecule has 0 fully saturated rings. The second-order valence-electron chi connectivity index (χ2n) is 7.18. The van der Waals surface area contributed by atoms with Crippen molar-refractivity contribution in [1.82, 2.24) is 15.0 Å². The van der Waals surface area contributed by atoms with Crippen molar-refractivity contribution >= 4 is 5.82 Å². The molecule has 21 heavy (non-hydrogen) atoms. The number of nitrogens with one attached hydrogen (secondary N) is 2. The van der Waals surface area contributed by atoms with Gasteiger partial charge < -0.3 is 10.3 Å². The minimum atomic E-state index is 0.0296. The molecule has 4 heteroatoms. The maximum atomic E-state index is 4.49. The van der Waals surface area contributed by atoms with E-state index < -0.39 is 0 Å². The van der Waals surface area contributed by atoms with Gasteiger partial charge in [0.1, 0.15) is 11.6 Å². The summed E-state index contributed by atoms with van der Waals surface area (Å²) in [6, 6.07) is 4.20. The Morgan fingerprint density at radius 1 is 1.10 bits per heavy atom. The molecule has 4 nitrogen and oxygen atoms in total.